The summed E-state index contributed by atoms with van der Waals surface area (Å²) in [5.41, 5.74) is 2.61. The molecule has 0 bridgehead atoms. The Morgan fingerprint density at radius 2 is 1.82 bits per heavy atom. The van der Waals surface area contributed by atoms with Crippen molar-refractivity contribution >= 4 is 22.8 Å². The average Bonchev–Trinajstić information content (AvgIpc) is 2.81. The largest absolute Gasteiger partial charge is 0.466 e. The lowest BCUT2D eigenvalue weighted by Crippen LogP contribution is -2.21. The van der Waals surface area contributed by atoms with Gasteiger partial charge in [-0.05, 0) is 32.4 Å². The van der Waals surface area contributed by atoms with Gasteiger partial charge in [0.05, 0.1) is 25.6 Å². The molecule has 1 heterocycles. The normalized spacial score (nSPS) is 12.1. The van der Waals surface area contributed by atoms with E-state index >= 15 is 0 Å². The van der Waals surface area contributed by atoms with E-state index in [4.69, 9.17) is 9.47 Å². The first kappa shape index (κ1) is 16.1. The van der Waals surface area contributed by atoms with Crippen LogP contribution < -0.4 is 0 Å². The number of aromatic nitrogens is 1. The standard InChI is InChI=1S/C17H21NO4/c1-4-21-15(19)10-13(17(20)22-5-2)16-11(3)18-14-9-7-6-8-12(14)16/h6-9,13,18H,4-5,10H2,1-3H3/t13-/m1/s1. The third kappa shape index (κ3) is 3.30. The maximum absolute atomic E-state index is 12.3. The van der Waals surface area contributed by atoms with Crippen LogP contribution in [0, 0.1) is 6.92 Å². The number of aryl methyl sites for hydroxylation is 1. The topological polar surface area (TPSA) is 68.4 Å². The van der Waals surface area contributed by atoms with Gasteiger partial charge >= 0.3 is 11.9 Å². The number of fused-ring (bicyclic) bond motifs is 1. The van der Waals surface area contributed by atoms with Crippen LogP contribution in [-0.2, 0) is 19.1 Å². The zero-order valence-corrected chi connectivity index (χ0v) is 13.1. The van der Waals surface area contributed by atoms with Gasteiger partial charge in [0.25, 0.3) is 0 Å². The quantitative estimate of drug-likeness (QED) is 0.833. The van der Waals surface area contributed by atoms with Crippen molar-refractivity contribution in [1.82, 2.24) is 4.98 Å². The highest BCUT2D eigenvalue weighted by Crippen LogP contribution is 2.32. The van der Waals surface area contributed by atoms with E-state index in [-0.39, 0.29) is 13.0 Å². The summed E-state index contributed by atoms with van der Waals surface area (Å²) in [4.78, 5) is 27.4. The molecule has 0 spiro atoms. The van der Waals surface area contributed by atoms with Crippen molar-refractivity contribution in [2.75, 3.05) is 13.2 Å². The number of ether oxygens (including phenoxy) is 2. The summed E-state index contributed by atoms with van der Waals surface area (Å²) < 4.78 is 10.1. The van der Waals surface area contributed by atoms with Crippen LogP contribution in [0.25, 0.3) is 10.9 Å². The Labute approximate surface area is 129 Å². The number of benzene rings is 1. The summed E-state index contributed by atoms with van der Waals surface area (Å²) in [5.74, 6) is -1.45. The van der Waals surface area contributed by atoms with Crippen LogP contribution in [0.5, 0.6) is 0 Å². The van der Waals surface area contributed by atoms with E-state index in [1.165, 1.54) is 0 Å². The number of nitrogens with one attached hydrogen (secondary N) is 1. The number of hydrogen-bond donors (Lipinski definition) is 1. The lowest BCUT2D eigenvalue weighted by Gasteiger charge is -2.15. The predicted molar refractivity (Wildman–Crippen MR) is 83.7 cm³/mol. The molecule has 1 aromatic heterocycles. The van der Waals surface area contributed by atoms with Gasteiger partial charge in [-0.15, -0.1) is 0 Å². The first-order chi connectivity index (χ1) is 10.6. The van der Waals surface area contributed by atoms with Gasteiger partial charge in [0.1, 0.15) is 0 Å². The molecule has 5 heteroatoms. The Hall–Kier alpha value is -2.30. The lowest BCUT2D eigenvalue weighted by molar-refractivity contribution is -0.151. The van der Waals surface area contributed by atoms with Crippen molar-refractivity contribution in [3.05, 3.63) is 35.5 Å². The van der Waals surface area contributed by atoms with Crippen molar-refractivity contribution in [3.63, 3.8) is 0 Å². The first-order valence-corrected chi connectivity index (χ1v) is 7.47. The Bertz CT molecular complexity index is 674. The number of esters is 2. The monoisotopic (exact) mass is 303 g/mol. The molecule has 118 valence electrons. The fraction of sp³-hybridized carbons (Fsp3) is 0.412. The van der Waals surface area contributed by atoms with Gasteiger partial charge < -0.3 is 14.5 Å². The van der Waals surface area contributed by atoms with Crippen LogP contribution in [-0.4, -0.2) is 30.1 Å². The number of hydrogen-bond acceptors (Lipinski definition) is 4. The molecule has 0 unspecified atom stereocenters. The number of rotatable bonds is 6. The van der Waals surface area contributed by atoms with Crippen LogP contribution >= 0.6 is 0 Å². The lowest BCUT2D eigenvalue weighted by atomic mass is 9.93. The van der Waals surface area contributed by atoms with Gasteiger partial charge in [-0.1, -0.05) is 18.2 Å². The summed E-state index contributed by atoms with van der Waals surface area (Å²) in [6.07, 6.45) is -0.0185. The van der Waals surface area contributed by atoms with Gasteiger partial charge in [0.15, 0.2) is 0 Å². The molecule has 0 saturated heterocycles. The second-order valence-electron chi connectivity index (χ2n) is 5.02. The van der Waals surface area contributed by atoms with Gasteiger partial charge in [0, 0.05) is 16.6 Å². The van der Waals surface area contributed by atoms with E-state index in [0.717, 1.165) is 22.2 Å². The minimum atomic E-state index is -0.657. The van der Waals surface area contributed by atoms with Gasteiger partial charge in [-0.25, -0.2) is 0 Å². The molecule has 1 atom stereocenters. The van der Waals surface area contributed by atoms with Crippen molar-refractivity contribution < 1.29 is 19.1 Å². The zero-order valence-electron chi connectivity index (χ0n) is 13.1. The van der Waals surface area contributed by atoms with Crippen LogP contribution in [0.15, 0.2) is 24.3 Å². The highest BCUT2D eigenvalue weighted by atomic mass is 16.5. The molecule has 2 aromatic rings. The highest BCUT2D eigenvalue weighted by Gasteiger charge is 2.29. The molecule has 0 aliphatic carbocycles. The van der Waals surface area contributed by atoms with E-state index in [9.17, 15) is 9.59 Å². The molecule has 0 fully saturated rings. The Morgan fingerprint density at radius 3 is 2.50 bits per heavy atom. The maximum atomic E-state index is 12.3. The molecular weight excluding hydrogens is 282 g/mol. The van der Waals surface area contributed by atoms with Crippen molar-refractivity contribution in [1.29, 1.82) is 0 Å². The third-order valence-corrected chi connectivity index (χ3v) is 3.54. The molecule has 2 rings (SSSR count). The Morgan fingerprint density at radius 1 is 1.14 bits per heavy atom. The maximum Gasteiger partial charge on any atom is 0.314 e. The summed E-state index contributed by atoms with van der Waals surface area (Å²) in [6, 6.07) is 7.71. The smallest absolute Gasteiger partial charge is 0.314 e. The number of carbonyl (C=O) groups is 2. The summed E-state index contributed by atoms with van der Waals surface area (Å²) in [5, 5.41) is 0.933. The molecule has 0 radical (unpaired) electrons. The van der Waals surface area contributed by atoms with E-state index in [1.807, 2.05) is 31.2 Å². The van der Waals surface area contributed by atoms with E-state index in [1.54, 1.807) is 13.8 Å². The Balaban J connectivity index is 2.44. The van der Waals surface area contributed by atoms with Gasteiger partial charge in [-0.2, -0.15) is 0 Å². The fourth-order valence-corrected chi connectivity index (χ4v) is 2.68. The Kier molecular flexibility index (Phi) is 5.20. The van der Waals surface area contributed by atoms with Crippen LogP contribution in [0.4, 0.5) is 0 Å². The molecule has 0 aliphatic heterocycles. The van der Waals surface area contributed by atoms with E-state index in [0.29, 0.717) is 6.61 Å². The number of H-pyrrole nitrogens is 1. The molecule has 0 aliphatic rings. The number of aromatic amines is 1. The number of carbonyl (C=O) groups excluding carboxylic acids is 2. The van der Waals surface area contributed by atoms with Crippen molar-refractivity contribution in [2.45, 2.75) is 33.1 Å². The third-order valence-electron chi connectivity index (χ3n) is 3.54. The zero-order chi connectivity index (χ0) is 16.1. The number of para-hydroxylation sites is 1. The highest BCUT2D eigenvalue weighted by molar-refractivity contribution is 5.93. The second-order valence-corrected chi connectivity index (χ2v) is 5.02. The minimum absolute atomic E-state index is 0.0185. The molecule has 1 N–H and O–H groups in total. The van der Waals surface area contributed by atoms with E-state index < -0.39 is 17.9 Å². The van der Waals surface area contributed by atoms with Gasteiger partial charge in [-0.3, -0.25) is 9.59 Å². The van der Waals surface area contributed by atoms with Crippen LogP contribution in [0.1, 0.15) is 37.4 Å². The molecule has 5 nitrogen and oxygen atoms in total. The summed E-state index contributed by atoms with van der Waals surface area (Å²) >= 11 is 0. The first-order valence-electron chi connectivity index (χ1n) is 7.47. The molecular formula is C17H21NO4. The predicted octanol–water partition coefficient (Wildman–Crippen LogP) is 3.08. The molecule has 0 saturated carbocycles. The average molecular weight is 303 g/mol. The van der Waals surface area contributed by atoms with E-state index in [2.05, 4.69) is 4.98 Å². The van der Waals surface area contributed by atoms with Crippen LogP contribution in [0.3, 0.4) is 0 Å². The molecule has 0 amide bonds. The summed E-state index contributed by atoms with van der Waals surface area (Å²) in [6.45, 7) is 5.96. The minimum Gasteiger partial charge on any atom is -0.466 e. The summed E-state index contributed by atoms with van der Waals surface area (Å²) in [7, 11) is 0. The van der Waals surface area contributed by atoms with Crippen molar-refractivity contribution in [2.24, 2.45) is 0 Å². The van der Waals surface area contributed by atoms with Gasteiger partial charge in [0.2, 0.25) is 0 Å². The van der Waals surface area contributed by atoms with Crippen molar-refractivity contribution in [3.8, 4) is 0 Å². The second kappa shape index (κ2) is 7.11. The van der Waals surface area contributed by atoms with Crippen LogP contribution in [0.2, 0.25) is 0 Å². The molecule has 1 aromatic carbocycles. The molecule has 22 heavy (non-hydrogen) atoms. The SMILES string of the molecule is CCOC(=O)C[C@@H](C(=O)OCC)c1c(C)[nH]c2ccccc12. The fourth-order valence-electron chi connectivity index (χ4n) is 2.68.